The number of fused-ring (bicyclic) bond motifs is 1. The molecule has 8 nitrogen and oxygen atoms in total. The van der Waals surface area contributed by atoms with Crippen molar-refractivity contribution in [3.05, 3.63) is 54.1 Å². The fourth-order valence-corrected chi connectivity index (χ4v) is 7.17. The van der Waals surface area contributed by atoms with Crippen molar-refractivity contribution >= 4 is 51.0 Å². The summed E-state index contributed by atoms with van der Waals surface area (Å²) in [5.74, 6) is -3.10. The Kier molecular flexibility index (Phi) is 7.95. The van der Waals surface area contributed by atoms with E-state index in [2.05, 4.69) is 29.1 Å². The number of anilines is 1. The smallest absolute Gasteiger partial charge is 0.312 e. The highest BCUT2D eigenvalue weighted by molar-refractivity contribution is 9.09. The van der Waals surface area contributed by atoms with Gasteiger partial charge < -0.3 is 24.4 Å². The van der Waals surface area contributed by atoms with Crippen molar-refractivity contribution < 1.29 is 29.0 Å². The van der Waals surface area contributed by atoms with Gasteiger partial charge >= 0.3 is 5.97 Å². The van der Waals surface area contributed by atoms with Gasteiger partial charge in [0.05, 0.1) is 41.9 Å². The second kappa shape index (κ2) is 10.7. The molecule has 3 fully saturated rings. The molecule has 1 aromatic carbocycles. The molecule has 3 saturated heterocycles. The summed E-state index contributed by atoms with van der Waals surface area (Å²) >= 11 is 10.1. The Hall–Kier alpha value is -2.20. The van der Waals surface area contributed by atoms with E-state index in [1.54, 1.807) is 24.3 Å². The first kappa shape index (κ1) is 26.9. The number of para-hydroxylation sites is 1. The van der Waals surface area contributed by atoms with Crippen LogP contribution in [0, 0.1) is 18.8 Å². The number of carbonyl (C=O) groups is 3. The number of likely N-dealkylation sites (tertiary alicyclic amines) is 1. The van der Waals surface area contributed by atoms with Gasteiger partial charge in [0.25, 0.3) is 5.91 Å². The van der Waals surface area contributed by atoms with Crippen LogP contribution in [-0.2, 0) is 23.9 Å². The molecule has 10 heteroatoms. The van der Waals surface area contributed by atoms with Crippen LogP contribution in [0.3, 0.4) is 0 Å². The Balaban J connectivity index is 1.77. The van der Waals surface area contributed by atoms with Gasteiger partial charge in [-0.2, -0.15) is 0 Å². The zero-order valence-corrected chi connectivity index (χ0v) is 22.4. The first-order chi connectivity index (χ1) is 17.2. The van der Waals surface area contributed by atoms with Crippen molar-refractivity contribution in [2.24, 2.45) is 11.8 Å². The number of rotatable bonds is 10. The van der Waals surface area contributed by atoms with Crippen LogP contribution in [0.25, 0.3) is 0 Å². The lowest BCUT2D eigenvalue weighted by molar-refractivity contribution is -0.154. The first-order valence-corrected chi connectivity index (χ1v) is 13.2. The van der Waals surface area contributed by atoms with Gasteiger partial charge in [0.2, 0.25) is 5.91 Å². The molecule has 0 radical (unpaired) electrons. The highest BCUT2D eigenvalue weighted by atomic mass is 79.9. The Morgan fingerprint density at radius 2 is 2.14 bits per heavy atom. The molecule has 3 unspecified atom stereocenters. The van der Waals surface area contributed by atoms with E-state index in [1.165, 1.54) is 9.80 Å². The van der Waals surface area contributed by atoms with Crippen LogP contribution in [0.15, 0.2) is 43.5 Å². The average molecular weight is 582 g/mol. The van der Waals surface area contributed by atoms with Crippen LogP contribution < -0.4 is 4.90 Å². The Labute approximate surface area is 224 Å². The number of aliphatic hydroxyl groups excluding tert-OH is 1. The van der Waals surface area contributed by atoms with E-state index in [0.717, 1.165) is 5.56 Å². The summed E-state index contributed by atoms with van der Waals surface area (Å²) in [7, 11) is 0. The zero-order chi connectivity index (χ0) is 26.2. The summed E-state index contributed by atoms with van der Waals surface area (Å²) in [6, 6.07) is 4.27. The molecule has 3 heterocycles. The van der Waals surface area contributed by atoms with E-state index in [9.17, 15) is 19.5 Å². The van der Waals surface area contributed by atoms with E-state index in [-0.39, 0.29) is 31.1 Å². The van der Waals surface area contributed by atoms with Gasteiger partial charge in [-0.25, -0.2) is 0 Å². The lowest BCUT2D eigenvalue weighted by Gasteiger charge is -2.37. The number of β-amino-alcohol motifs (C(OH)–C–C–N with tert-alkyl or cyclic N) is 1. The molecule has 194 valence electrons. The quantitative estimate of drug-likeness (QED) is 0.198. The van der Waals surface area contributed by atoms with Crippen LogP contribution in [0.1, 0.15) is 18.4 Å². The average Bonchev–Trinajstić information content (AvgIpc) is 3.42. The maximum absolute atomic E-state index is 14.3. The highest BCUT2D eigenvalue weighted by Crippen LogP contribution is 2.60. The molecule has 2 bridgehead atoms. The fourth-order valence-electron chi connectivity index (χ4n) is 5.90. The van der Waals surface area contributed by atoms with Crippen molar-refractivity contribution in [1.82, 2.24) is 4.90 Å². The number of halogens is 2. The van der Waals surface area contributed by atoms with Crippen LogP contribution >= 0.6 is 27.5 Å². The Morgan fingerprint density at radius 1 is 1.39 bits per heavy atom. The molecule has 1 N–H and O–H groups in total. The third kappa shape index (κ3) is 4.20. The SMILES string of the molecule is C=CCCOC(=O)[C@H]1[C@@H]2OC3(CC2Br)C(C(=O)N(CC=C)c2c(C)cccc2Cl)N(CCO)C(=O)[C@H]13. The predicted octanol–water partition coefficient (Wildman–Crippen LogP) is 3.03. The van der Waals surface area contributed by atoms with Crippen molar-refractivity contribution in [3.8, 4) is 0 Å². The number of aliphatic hydroxyl groups is 1. The number of hydrogen-bond acceptors (Lipinski definition) is 6. The second-order valence-corrected chi connectivity index (χ2v) is 10.9. The normalized spacial score (nSPS) is 30.3. The van der Waals surface area contributed by atoms with Crippen LogP contribution in [-0.4, -0.2) is 76.7 Å². The van der Waals surface area contributed by atoms with E-state index >= 15 is 0 Å². The van der Waals surface area contributed by atoms with Crippen LogP contribution in [0.4, 0.5) is 5.69 Å². The Morgan fingerprint density at radius 3 is 2.78 bits per heavy atom. The topological polar surface area (TPSA) is 96.4 Å². The van der Waals surface area contributed by atoms with Crippen LogP contribution in [0.5, 0.6) is 0 Å². The lowest BCUT2D eigenvalue weighted by Crippen LogP contribution is -2.57. The number of amides is 2. The van der Waals surface area contributed by atoms with Gasteiger partial charge in [0, 0.05) is 17.9 Å². The molecule has 3 aliphatic rings. The number of alkyl halides is 1. The minimum Gasteiger partial charge on any atom is -0.465 e. The predicted molar refractivity (Wildman–Crippen MR) is 139 cm³/mol. The highest BCUT2D eigenvalue weighted by Gasteiger charge is 2.77. The van der Waals surface area contributed by atoms with E-state index in [0.29, 0.717) is 23.6 Å². The number of ether oxygens (including phenoxy) is 2. The monoisotopic (exact) mass is 580 g/mol. The van der Waals surface area contributed by atoms with Crippen molar-refractivity contribution in [3.63, 3.8) is 0 Å². The molecule has 36 heavy (non-hydrogen) atoms. The minimum absolute atomic E-state index is 0.0733. The maximum Gasteiger partial charge on any atom is 0.312 e. The molecule has 1 spiro atoms. The van der Waals surface area contributed by atoms with E-state index < -0.39 is 47.4 Å². The number of nitrogens with zero attached hydrogens (tertiary/aromatic N) is 2. The summed E-state index contributed by atoms with van der Waals surface area (Å²) in [4.78, 5) is 43.8. The molecular weight excluding hydrogens is 552 g/mol. The van der Waals surface area contributed by atoms with Gasteiger partial charge in [0.1, 0.15) is 11.6 Å². The Bertz CT molecular complexity index is 1060. The summed E-state index contributed by atoms with van der Waals surface area (Å²) in [5, 5.41) is 10.2. The molecule has 2 amide bonds. The summed E-state index contributed by atoms with van der Waals surface area (Å²) in [6.45, 7) is 9.15. The van der Waals surface area contributed by atoms with Crippen molar-refractivity contribution in [2.75, 3.05) is 31.2 Å². The molecule has 3 aliphatic heterocycles. The second-order valence-electron chi connectivity index (χ2n) is 9.31. The van der Waals surface area contributed by atoms with Crippen molar-refractivity contribution in [1.29, 1.82) is 0 Å². The third-order valence-corrected chi connectivity index (χ3v) is 8.39. The number of aryl methyl sites for hydroxylation is 1. The molecular formula is C26H30BrClN2O6. The zero-order valence-electron chi connectivity index (χ0n) is 20.1. The molecule has 0 aromatic heterocycles. The van der Waals surface area contributed by atoms with Crippen LogP contribution in [0.2, 0.25) is 5.02 Å². The van der Waals surface area contributed by atoms with Gasteiger partial charge in [-0.3, -0.25) is 14.4 Å². The number of carbonyl (C=O) groups excluding carboxylic acids is 3. The number of hydrogen-bond donors (Lipinski definition) is 1. The lowest BCUT2D eigenvalue weighted by atomic mass is 9.70. The maximum atomic E-state index is 14.3. The van der Waals surface area contributed by atoms with E-state index in [4.69, 9.17) is 21.1 Å². The minimum atomic E-state index is -1.25. The first-order valence-electron chi connectivity index (χ1n) is 11.9. The molecule has 4 rings (SSSR count). The molecule has 0 aliphatic carbocycles. The molecule has 1 aromatic rings. The van der Waals surface area contributed by atoms with E-state index in [1.807, 2.05) is 13.0 Å². The van der Waals surface area contributed by atoms with Gasteiger partial charge in [0.15, 0.2) is 0 Å². The van der Waals surface area contributed by atoms with Gasteiger partial charge in [-0.1, -0.05) is 51.8 Å². The van der Waals surface area contributed by atoms with Gasteiger partial charge in [-0.05, 0) is 31.4 Å². The number of benzene rings is 1. The molecule has 0 saturated carbocycles. The van der Waals surface area contributed by atoms with Gasteiger partial charge in [-0.15, -0.1) is 13.2 Å². The summed E-state index contributed by atoms with van der Waals surface area (Å²) < 4.78 is 11.9. The fraction of sp³-hybridized carbons (Fsp3) is 0.500. The molecule has 6 atom stereocenters. The number of esters is 1. The standard InChI is InChI=1S/C26H30BrClN2O6/c1-4-6-13-35-25(34)18-19-23(32)30(11-12-31)22(26(19)14-16(27)21(18)36-26)24(33)29(10-5-2)20-15(3)8-7-9-17(20)28/h4-5,7-9,16,18-19,21-22,31H,1-2,6,10-14H2,3H3/t16?,18-,19+,21-,22?,26?/m1/s1. The summed E-state index contributed by atoms with van der Waals surface area (Å²) in [6.07, 6.45) is 3.45. The largest absolute Gasteiger partial charge is 0.465 e. The van der Waals surface area contributed by atoms with Crippen molar-refractivity contribution in [2.45, 2.75) is 42.3 Å². The summed E-state index contributed by atoms with van der Waals surface area (Å²) in [5.41, 5.74) is 0.0471. The third-order valence-electron chi connectivity index (χ3n) is 7.24.